The van der Waals surface area contributed by atoms with Crippen LogP contribution < -0.4 is 5.63 Å². The number of carbonyl (C=O) groups is 1. The zero-order chi connectivity index (χ0) is 17.2. The summed E-state index contributed by atoms with van der Waals surface area (Å²) < 4.78 is 5.23. The Morgan fingerprint density at radius 3 is 2.44 bits per heavy atom. The molecule has 0 fully saturated rings. The maximum Gasteiger partial charge on any atom is 0.347 e. The van der Waals surface area contributed by atoms with Crippen molar-refractivity contribution in [2.75, 3.05) is 0 Å². The molecule has 4 rings (SSSR count). The molecule has 120 valence electrons. The lowest BCUT2D eigenvalue weighted by molar-refractivity contribution is 0.104. The van der Waals surface area contributed by atoms with Gasteiger partial charge < -0.3 is 4.42 Å². The summed E-state index contributed by atoms with van der Waals surface area (Å²) >= 11 is 0. The first-order valence-electron chi connectivity index (χ1n) is 7.95. The smallest absolute Gasteiger partial charge is 0.347 e. The first-order chi connectivity index (χ1) is 12.2. The van der Waals surface area contributed by atoms with Gasteiger partial charge in [0.2, 0.25) is 0 Å². The Morgan fingerprint density at radius 2 is 1.56 bits per heavy atom. The van der Waals surface area contributed by atoms with Crippen LogP contribution in [0, 0.1) is 0 Å². The van der Waals surface area contributed by atoms with Crippen molar-refractivity contribution < 1.29 is 9.21 Å². The third-order valence-corrected chi connectivity index (χ3v) is 4.14. The Morgan fingerprint density at radius 1 is 0.840 bits per heavy atom. The zero-order valence-corrected chi connectivity index (χ0v) is 13.3. The predicted molar refractivity (Wildman–Crippen MR) is 99.8 cm³/mol. The van der Waals surface area contributed by atoms with Gasteiger partial charge in [0.05, 0.1) is 0 Å². The molecule has 0 spiro atoms. The second-order valence-electron chi connectivity index (χ2n) is 5.75. The summed E-state index contributed by atoms with van der Waals surface area (Å²) in [6.45, 7) is 0. The number of ketones is 1. The van der Waals surface area contributed by atoms with Gasteiger partial charge in [-0.15, -0.1) is 0 Å². The highest BCUT2D eigenvalue weighted by Crippen LogP contribution is 2.20. The molecular weight excluding hydrogens is 312 g/mol. The molecule has 3 nitrogen and oxygen atoms in total. The predicted octanol–water partition coefficient (Wildman–Crippen LogP) is 4.84. The van der Waals surface area contributed by atoms with Crippen LogP contribution >= 0.6 is 0 Å². The number of hydrogen-bond acceptors (Lipinski definition) is 3. The number of hydrogen-bond donors (Lipinski definition) is 0. The van der Waals surface area contributed by atoms with Crippen molar-refractivity contribution in [3.8, 4) is 0 Å². The van der Waals surface area contributed by atoms with Crippen LogP contribution in [0.2, 0.25) is 0 Å². The van der Waals surface area contributed by atoms with E-state index in [0.29, 0.717) is 5.58 Å². The lowest BCUT2D eigenvalue weighted by Crippen LogP contribution is -2.11. The van der Waals surface area contributed by atoms with E-state index in [4.69, 9.17) is 4.42 Å². The average Bonchev–Trinajstić information content (AvgIpc) is 2.65. The fraction of sp³-hybridized carbons (Fsp3) is 0. The molecule has 0 N–H and O–H groups in total. The van der Waals surface area contributed by atoms with Crippen LogP contribution in [0.25, 0.3) is 27.8 Å². The van der Waals surface area contributed by atoms with Crippen LogP contribution in [0.15, 0.2) is 88.1 Å². The SMILES string of the molecule is O=C(/C=C/c1cccc2ccccc12)c1cc2ccccc2oc1=O. The largest absolute Gasteiger partial charge is 0.422 e. The van der Waals surface area contributed by atoms with Crippen LogP contribution in [0.5, 0.6) is 0 Å². The molecule has 0 aliphatic heterocycles. The van der Waals surface area contributed by atoms with Gasteiger partial charge in [0.15, 0.2) is 5.78 Å². The van der Waals surface area contributed by atoms with E-state index in [-0.39, 0.29) is 11.3 Å². The Hall–Kier alpha value is -3.46. The first kappa shape index (κ1) is 15.1. The first-order valence-corrected chi connectivity index (χ1v) is 7.95. The van der Waals surface area contributed by atoms with Gasteiger partial charge in [0.1, 0.15) is 11.1 Å². The molecule has 0 unspecified atom stereocenters. The standard InChI is InChI=1S/C22H14O3/c23-20(19-14-17-7-2-4-11-21(17)25-22(19)24)13-12-16-9-5-8-15-6-1-3-10-18(15)16/h1-14H/b13-12+. The molecule has 0 atom stereocenters. The quantitative estimate of drug-likeness (QED) is 0.307. The topological polar surface area (TPSA) is 47.3 Å². The Labute approximate surface area is 143 Å². The monoisotopic (exact) mass is 326 g/mol. The van der Waals surface area contributed by atoms with Crippen molar-refractivity contribution in [2.24, 2.45) is 0 Å². The second kappa shape index (κ2) is 6.21. The lowest BCUT2D eigenvalue weighted by Gasteiger charge is -2.02. The minimum atomic E-state index is -0.619. The minimum absolute atomic E-state index is 0.0372. The van der Waals surface area contributed by atoms with E-state index in [1.807, 2.05) is 54.6 Å². The minimum Gasteiger partial charge on any atom is -0.422 e. The van der Waals surface area contributed by atoms with Gasteiger partial charge in [-0.25, -0.2) is 4.79 Å². The van der Waals surface area contributed by atoms with E-state index in [1.54, 1.807) is 24.3 Å². The molecule has 1 aromatic heterocycles. The van der Waals surface area contributed by atoms with Crippen molar-refractivity contribution in [3.05, 3.63) is 100 Å². The van der Waals surface area contributed by atoms with Gasteiger partial charge in [0, 0.05) is 5.39 Å². The van der Waals surface area contributed by atoms with Crippen LogP contribution in [0.3, 0.4) is 0 Å². The summed E-state index contributed by atoms with van der Waals surface area (Å²) in [4.78, 5) is 24.5. The van der Waals surface area contributed by atoms with Crippen molar-refractivity contribution in [1.82, 2.24) is 0 Å². The van der Waals surface area contributed by atoms with E-state index in [0.717, 1.165) is 21.7 Å². The molecule has 25 heavy (non-hydrogen) atoms. The van der Waals surface area contributed by atoms with Crippen molar-refractivity contribution in [3.63, 3.8) is 0 Å². The molecule has 0 radical (unpaired) electrons. The summed E-state index contributed by atoms with van der Waals surface area (Å²) in [7, 11) is 0. The second-order valence-corrected chi connectivity index (χ2v) is 5.75. The fourth-order valence-corrected chi connectivity index (χ4v) is 2.88. The summed E-state index contributed by atoms with van der Waals surface area (Å²) in [5, 5.41) is 2.88. The van der Waals surface area contributed by atoms with Gasteiger partial charge in [-0.2, -0.15) is 0 Å². The summed E-state index contributed by atoms with van der Waals surface area (Å²) in [6, 6.07) is 22.6. The molecule has 0 amide bonds. The third kappa shape index (κ3) is 2.88. The van der Waals surface area contributed by atoms with Crippen LogP contribution in [-0.4, -0.2) is 5.78 Å². The van der Waals surface area contributed by atoms with Gasteiger partial charge >= 0.3 is 5.63 Å². The maximum atomic E-state index is 12.5. The number of carbonyl (C=O) groups excluding carboxylic acids is 1. The molecule has 3 heteroatoms. The van der Waals surface area contributed by atoms with Gasteiger partial charge in [-0.1, -0.05) is 66.7 Å². The molecule has 4 aromatic rings. The summed E-state index contributed by atoms with van der Waals surface area (Å²) in [5.74, 6) is -0.368. The van der Waals surface area contributed by atoms with Gasteiger partial charge in [0.25, 0.3) is 0 Å². The van der Waals surface area contributed by atoms with E-state index in [2.05, 4.69) is 0 Å². The average molecular weight is 326 g/mol. The highest BCUT2D eigenvalue weighted by Gasteiger charge is 2.11. The number of rotatable bonds is 3. The fourth-order valence-electron chi connectivity index (χ4n) is 2.88. The molecule has 1 heterocycles. The van der Waals surface area contributed by atoms with Gasteiger partial charge in [-0.3, -0.25) is 4.79 Å². The van der Waals surface area contributed by atoms with Crippen LogP contribution in [0.4, 0.5) is 0 Å². The maximum absolute atomic E-state index is 12.5. The van der Waals surface area contributed by atoms with Crippen molar-refractivity contribution >= 4 is 33.6 Å². The van der Waals surface area contributed by atoms with Crippen molar-refractivity contribution in [2.45, 2.75) is 0 Å². The normalized spacial score (nSPS) is 11.4. The molecule has 0 bridgehead atoms. The summed E-state index contributed by atoms with van der Waals surface area (Å²) in [6.07, 6.45) is 3.15. The molecular formula is C22H14O3. The number of para-hydroxylation sites is 1. The van der Waals surface area contributed by atoms with Crippen LogP contribution in [0.1, 0.15) is 15.9 Å². The highest BCUT2D eigenvalue weighted by molar-refractivity contribution is 6.08. The van der Waals surface area contributed by atoms with E-state index in [1.165, 1.54) is 6.08 Å². The van der Waals surface area contributed by atoms with Crippen molar-refractivity contribution in [1.29, 1.82) is 0 Å². The molecule has 0 saturated carbocycles. The van der Waals surface area contributed by atoms with E-state index in [9.17, 15) is 9.59 Å². The Bertz CT molecular complexity index is 1180. The molecule has 3 aromatic carbocycles. The Kier molecular flexibility index (Phi) is 3.75. The number of allylic oxidation sites excluding steroid dienone is 1. The lowest BCUT2D eigenvalue weighted by atomic mass is 10.0. The molecule has 0 aliphatic carbocycles. The molecule has 0 saturated heterocycles. The summed E-state index contributed by atoms with van der Waals surface area (Å²) in [5.41, 5.74) is 0.820. The highest BCUT2D eigenvalue weighted by atomic mass is 16.4. The Balaban J connectivity index is 1.73. The van der Waals surface area contributed by atoms with Crippen LogP contribution in [-0.2, 0) is 0 Å². The van der Waals surface area contributed by atoms with E-state index < -0.39 is 5.63 Å². The van der Waals surface area contributed by atoms with E-state index >= 15 is 0 Å². The molecule has 0 aliphatic rings. The number of fused-ring (bicyclic) bond motifs is 2. The number of benzene rings is 3. The van der Waals surface area contributed by atoms with Gasteiger partial charge in [-0.05, 0) is 34.5 Å². The third-order valence-electron chi connectivity index (χ3n) is 4.14. The zero-order valence-electron chi connectivity index (χ0n) is 13.3.